The Balaban J connectivity index is 1.62. The number of ether oxygens (including phenoxy) is 1. The molecule has 0 spiro atoms. The van der Waals surface area contributed by atoms with Crippen LogP contribution in [-0.2, 0) is 29.0 Å². The molecule has 182 valence electrons. The number of amides is 2. The van der Waals surface area contributed by atoms with Crippen molar-refractivity contribution >= 4 is 11.8 Å². The minimum atomic E-state index is -0.594. The highest BCUT2D eigenvalue weighted by molar-refractivity contribution is 5.89. The summed E-state index contributed by atoms with van der Waals surface area (Å²) in [5, 5.41) is 3.25. The normalized spacial score (nSPS) is 14.3. The topological polar surface area (TPSA) is 58.6 Å². The fourth-order valence-electron chi connectivity index (χ4n) is 4.72. The fourth-order valence-corrected chi connectivity index (χ4v) is 4.72. The van der Waals surface area contributed by atoms with Crippen molar-refractivity contribution in [3.8, 4) is 5.75 Å². The second kappa shape index (κ2) is 12.2. The van der Waals surface area contributed by atoms with E-state index in [2.05, 4.69) is 5.32 Å². The van der Waals surface area contributed by atoms with Crippen LogP contribution in [0.5, 0.6) is 5.75 Å². The summed E-state index contributed by atoms with van der Waals surface area (Å²) in [7, 11) is 1.62. The summed E-state index contributed by atoms with van der Waals surface area (Å²) in [6.45, 7) is 0.380. The van der Waals surface area contributed by atoms with Crippen molar-refractivity contribution in [3.05, 3.63) is 102 Å². The lowest BCUT2D eigenvalue weighted by Gasteiger charge is -2.32. The summed E-state index contributed by atoms with van der Waals surface area (Å²) < 4.78 is 5.25. The molecule has 1 saturated carbocycles. The first-order valence-corrected chi connectivity index (χ1v) is 12.4. The molecule has 0 heterocycles. The van der Waals surface area contributed by atoms with E-state index in [1.165, 1.54) is 0 Å². The monoisotopic (exact) mass is 470 g/mol. The molecule has 5 nitrogen and oxygen atoms in total. The lowest BCUT2D eigenvalue weighted by Crippen LogP contribution is -2.52. The number of rotatable bonds is 10. The molecule has 0 radical (unpaired) electrons. The van der Waals surface area contributed by atoms with Crippen LogP contribution in [0.25, 0.3) is 0 Å². The van der Waals surface area contributed by atoms with E-state index in [1.54, 1.807) is 12.0 Å². The predicted octanol–water partition coefficient (Wildman–Crippen LogP) is 4.94. The highest BCUT2D eigenvalue weighted by atomic mass is 16.5. The highest BCUT2D eigenvalue weighted by Gasteiger charge is 2.32. The molecule has 0 bridgehead atoms. The van der Waals surface area contributed by atoms with Crippen LogP contribution in [0.3, 0.4) is 0 Å². The van der Waals surface area contributed by atoms with E-state index in [1.807, 2.05) is 84.9 Å². The SMILES string of the molecule is COc1ccc(CC(=O)N(Cc2ccccc2)[C@@H](Cc2ccccc2)C(=O)NC2CCCC2)cc1. The second-order valence-corrected chi connectivity index (χ2v) is 9.23. The molecular weight excluding hydrogens is 436 g/mol. The van der Waals surface area contributed by atoms with Crippen LogP contribution in [0.1, 0.15) is 42.4 Å². The van der Waals surface area contributed by atoms with Crippen LogP contribution in [0.4, 0.5) is 0 Å². The Morgan fingerprint density at radius 1 is 0.857 bits per heavy atom. The Bertz CT molecular complexity index is 1080. The molecule has 0 unspecified atom stereocenters. The third-order valence-corrected chi connectivity index (χ3v) is 6.68. The molecule has 3 aromatic rings. The van der Waals surface area contributed by atoms with Gasteiger partial charge in [-0.3, -0.25) is 9.59 Å². The van der Waals surface area contributed by atoms with Crippen molar-refractivity contribution in [2.45, 2.75) is 57.2 Å². The maximum Gasteiger partial charge on any atom is 0.243 e. The Morgan fingerprint density at radius 3 is 2.06 bits per heavy atom. The largest absolute Gasteiger partial charge is 0.497 e. The average molecular weight is 471 g/mol. The summed E-state index contributed by atoms with van der Waals surface area (Å²) in [5.41, 5.74) is 2.93. The third kappa shape index (κ3) is 6.95. The number of benzene rings is 3. The van der Waals surface area contributed by atoms with Crippen LogP contribution in [-0.4, -0.2) is 35.9 Å². The summed E-state index contributed by atoms with van der Waals surface area (Å²) >= 11 is 0. The third-order valence-electron chi connectivity index (χ3n) is 6.68. The molecule has 1 aliphatic rings. The highest BCUT2D eigenvalue weighted by Crippen LogP contribution is 2.21. The van der Waals surface area contributed by atoms with Gasteiger partial charge < -0.3 is 15.0 Å². The van der Waals surface area contributed by atoms with Crippen molar-refractivity contribution < 1.29 is 14.3 Å². The van der Waals surface area contributed by atoms with E-state index >= 15 is 0 Å². The van der Waals surface area contributed by atoms with E-state index in [9.17, 15) is 9.59 Å². The zero-order chi connectivity index (χ0) is 24.5. The molecule has 1 atom stereocenters. The van der Waals surface area contributed by atoms with Gasteiger partial charge in [0.25, 0.3) is 0 Å². The van der Waals surface area contributed by atoms with Gasteiger partial charge in [-0.15, -0.1) is 0 Å². The fraction of sp³-hybridized carbons (Fsp3) is 0.333. The molecule has 1 aliphatic carbocycles. The van der Waals surface area contributed by atoms with E-state index in [4.69, 9.17) is 4.74 Å². The van der Waals surface area contributed by atoms with Gasteiger partial charge in [-0.2, -0.15) is 0 Å². The van der Waals surface area contributed by atoms with Gasteiger partial charge in [0.2, 0.25) is 11.8 Å². The molecule has 0 saturated heterocycles. The molecule has 5 heteroatoms. The summed E-state index contributed by atoms with van der Waals surface area (Å²) in [6.07, 6.45) is 4.97. The van der Waals surface area contributed by atoms with Gasteiger partial charge in [-0.1, -0.05) is 85.6 Å². The van der Waals surface area contributed by atoms with Gasteiger partial charge in [0.05, 0.1) is 13.5 Å². The molecular formula is C30H34N2O3. The summed E-state index contributed by atoms with van der Waals surface area (Å²) in [6, 6.07) is 27.0. The minimum absolute atomic E-state index is 0.0680. The van der Waals surface area contributed by atoms with Crippen molar-refractivity contribution in [2.24, 2.45) is 0 Å². The van der Waals surface area contributed by atoms with Crippen molar-refractivity contribution in [1.29, 1.82) is 0 Å². The zero-order valence-corrected chi connectivity index (χ0v) is 20.4. The van der Waals surface area contributed by atoms with E-state index in [0.717, 1.165) is 48.1 Å². The quantitative estimate of drug-likeness (QED) is 0.457. The number of hydrogen-bond donors (Lipinski definition) is 1. The van der Waals surface area contributed by atoms with Crippen molar-refractivity contribution in [2.75, 3.05) is 7.11 Å². The molecule has 1 fully saturated rings. The lowest BCUT2D eigenvalue weighted by atomic mass is 10.0. The molecule has 0 aliphatic heterocycles. The van der Waals surface area contributed by atoms with Gasteiger partial charge in [0, 0.05) is 19.0 Å². The predicted molar refractivity (Wildman–Crippen MR) is 138 cm³/mol. The van der Waals surface area contributed by atoms with Crippen LogP contribution in [0.15, 0.2) is 84.9 Å². The average Bonchev–Trinajstić information content (AvgIpc) is 3.41. The molecule has 3 aromatic carbocycles. The number of carbonyl (C=O) groups excluding carboxylic acids is 2. The first kappa shape index (κ1) is 24.5. The smallest absolute Gasteiger partial charge is 0.243 e. The van der Waals surface area contributed by atoms with Gasteiger partial charge >= 0.3 is 0 Å². The maximum absolute atomic E-state index is 13.8. The van der Waals surface area contributed by atoms with Crippen LogP contribution in [0, 0.1) is 0 Å². The Morgan fingerprint density at radius 2 is 1.46 bits per heavy atom. The van der Waals surface area contributed by atoms with E-state index < -0.39 is 6.04 Å². The van der Waals surface area contributed by atoms with Gasteiger partial charge in [0.15, 0.2) is 0 Å². The lowest BCUT2D eigenvalue weighted by molar-refractivity contribution is -0.141. The Hall–Kier alpha value is -3.60. The molecule has 1 N–H and O–H groups in total. The summed E-state index contributed by atoms with van der Waals surface area (Å²) in [4.78, 5) is 29.2. The number of methoxy groups -OCH3 is 1. The first-order chi connectivity index (χ1) is 17.1. The van der Waals surface area contributed by atoms with Crippen LogP contribution < -0.4 is 10.1 Å². The molecule has 35 heavy (non-hydrogen) atoms. The van der Waals surface area contributed by atoms with Crippen molar-refractivity contribution in [1.82, 2.24) is 10.2 Å². The van der Waals surface area contributed by atoms with E-state index in [0.29, 0.717) is 13.0 Å². The number of carbonyl (C=O) groups is 2. The standard InChI is InChI=1S/C30H34N2O3/c1-35-27-18-16-24(17-19-27)21-29(33)32(22-25-12-6-3-7-13-25)28(20-23-10-4-2-5-11-23)30(34)31-26-14-8-9-15-26/h2-7,10-13,16-19,26,28H,8-9,14-15,20-22H2,1H3,(H,31,34)/t28-/m0/s1. The Kier molecular flexibility index (Phi) is 8.55. The van der Waals surface area contributed by atoms with Gasteiger partial charge in [0.1, 0.15) is 11.8 Å². The number of nitrogens with one attached hydrogen (secondary N) is 1. The van der Waals surface area contributed by atoms with E-state index in [-0.39, 0.29) is 24.3 Å². The van der Waals surface area contributed by atoms with Crippen LogP contribution >= 0.6 is 0 Å². The van der Waals surface area contributed by atoms with Crippen molar-refractivity contribution in [3.63, 3.8) is 0 Å². The second-order valence-electron chi connectivity index (χ2n) is 9.23. The number of nitrogens with zero attached hydrogens (tertiary/aromatic N) is 1. The van der Waals surface area contributed by atoms with Gasteiger partial charge in [-0.25, -0.2) is 0 Å². The molecule has 0 aromatic heterocycles. The maximum atomic E-state index is 13.8. The minimum Gasteiger partial charge on any atom is -0.497 e. The first-order valence-electron chi connectivity index (χ1n) is 12.4. The Labute approximate surface area is 208 Å². The summed E-state index contributed by atoms with van der Waals surface area (Å²) in [5.74, 6) is 0.613. The van der Waals surface area contributed by atoms with Gasteiger partial charge in [-0.05, 0) is 41.7 Å². The number of hydrogen-bond acceptors (Lipinski definition) is 3. The zero-order valence-electron chi connectivity index (χ0n) is 20.4. The molecule has 2 amide bonds. The molecule has 4 rings (SSSR count). The van der Waals surface area contributed by atoms with Crippen LogP contribution in [0.2, 0.25) is 0 Å².